The second-order valence-corrected chi connectivity index (χ2v) is 11.4. The molecule has 0 aromatic rings. The van der Waals surface area contributed by atoms with Gasteiger partial charge in [0.1, 0.15) is 0 Å². The minimum Gasteiger partial charge on any atom is -0.481 e. The van der Waals surface area contributed by atoms with E-state index in [-0.39, 0.29) is 5.92 Å². The second kappa shape index (κ2) is 22.2. The van der Waals surface area contributed by atoms with E-state index >= 15 is 0 Å². The van der Waals surface area contributed by atoms with Gasteiger partial charge in [-0.1, -0.05) is 137 Å². The van der Waals surface area contributed by atoms with Gasteiger partial charge in [0.05, 0.1) is 5.41 Å². The van der Waals surface area contributed by atoms with E-state index in [9.17, 15) is 14.7 Å². The monoisotopic (exact) mass is 496 g/mol. The van der Waals surface area contributed by atoms with E-state index in [1.807, 2.05) is 0 Å². The molecule has 0 fully saturated rings. The van der Waals surface area contributed by atoms with Crippen LogP contribution in [0.3, 0.4) is 0 Å². The first-order valence-corrected chi connectivity index (χ1v) is 15.3. The molecule has 4 heteroatoms. The van der Waals surface area contributed by atoms with E-state index in [1.165, 1.54) is 64.2 Å². The third kappa shape index (κ3) is 16.3. The van der Waals surface area contributed by atoms with Crippen LogP contribution in [-0.2, 0) is 9.59 Å². The summed E-state index contributed by atoms with van der Waals surface area (Å²) < 4.78 is 0. The fourth-order valence-corrected chi connectivity index (χ4v) is 5.91. The summed E-state index contributed by atoms with van der Waals surface area (Å²) in [6.45, 7) is 8.93. The van der Waals surface area contributed by atoms with Gasteiger partial charge in [0.15, 0.2) is 0 Å². The molecular weight excluding hydrogens is 436 g/mol. The fraction of sp³-hybridized carbons (Fsp3) is 0.935. The lowest BCUT2D eigenvalue weighted by Gasteiger charge is -2.40. The summed E-state index contributed by atoms with van der Waals surface area (Å²) in [5, 5.41) is 19.2. The van der Waals surface area contributed by atoms with Crippen molar-refractivity contribution in [2.75, 3.05) is 0 Å². The first-order valence-electron chi connectivity index (χ1n) is 15.3. The summed E-state index contributed by atoms with van der Waals surface area (Å²) in [6.07, 6.45) is 23.9. The van der Waals surface area contributed by atoms with Crippen LogP contribution < -0.4 is 0 Å². The Hall–Kier alpha value is -1.06. The fourth-order valence-electron chi connectivity index (χ4n) is 5.91. The molecule has 0 radical (unpaired) electrons. The molecule has 1 atom stereocenters. The summed E-state index contributed by atoms with van der Waals surface area (Å²) in [5.74, 6) is -0.538. The zero-order valence-corrected chi connectivity index (χ0v) is 23.9. The van der Waals surface area contributed by atoms with Crippen molar-refractivity contribution in [2.45, 2.75) is 169 Å². The maximum Gasteiger partial charge on any atom is 0.309 e. The van der Waals surface area contributed by atoms with Gasteiger partial charge in [-0.05, 0) is 37.5 Å². The highest BCUT2D eigenvalue weighted by Crippen LogP contribution is 2.45. The van der Waals surface area contributed by atoms with Crippen molar-refractivity contribution in [3.8, 4) is 0 Å². The number of hydrogen-bond donors (Lipinski definition) is 2. The van der Waals surface area contributed by atoms with Gasteiger partial charge in [-0.3, -0.25) is 9.59 Å². The van der Waals surface area contributed by atoms with Gasteiger partial charge in [0.25, 0.3) is 0 Å². The molecule has 0 amide bonds. The number of unbranched alkanes of at least 4 members (excludes halogenated alkanes) is 15. The molecule has 0 aliphatic carbocycles. The molecule has 0 aromatic heterocycles. The molecule has 0 spiro atoms. The molecular formula is C31H60O4. The van der Waals surface area contributed by atoms with Crippen LogP contribution >= 0.6 is 0 Å². The summed E-state index contributed by atoms with van der Waals surface area (Å²) >= 11 is 0. The first-order chi connectivity index (χ1) is 16.8. The number of carboxylic acids is 2. The van der Waals surface area contributed by atoms with E-state index in [4.69, 9.17) is 5.11 Å². The van der Waals surface area contributed by atoms with Crippen molar-refractivity contribution in [2.24, 2.45) is 17.3 Å². The van der Waals surface area contributed by atoms with E-state index in [2.05, 4.69) is 27.7 Å². The Kier molecular flexibility index (Phi) is 21.5. The standard InChI is InChI=1S/C31H60O4/c1-5-7-9-21-25-31(30(34)35,26-22-10-8-6-2)28(27(3)4)23-19-17-15-13-11-12-14-16-18-20-24-29(32)33/h27-28H,5-26H2,1-4H3,(H,32,33)(H,34,35). The smallest absolute Gasteiger partial charge is 0.309 e. The lowest BCUT2D eigenvalue weighted by molar-refractivity contribution is -0.156. The lowest BCUT2D eigenvalue weighted by Crippen LogP contribution is -2.41. The molecule has 4 nitrogen and oxygen atoms in total. The molecule has 0 saturated heterocycles. The molecule has 0 rings (SSSR count). The zero-order valence-electron chi connectivity index (χ0n) is 23.9. The van der Waals surface area contributed by atoms with E-state index in [0.29, 0.717) is 12.3 Å². The maximum absolute atomic E-state index is 12.8. The van der Waals surface area contributed by atoms with Gasteiger partial charge >= 0.3 is 11.9 Å². The van der Waals surface area contributed by atoms with Crippen molar-refractivity contribution < 1.29 is 19.8 Å². The zero-order chi connectivity index (χ0) is 26.4. The topological polar surface area (TPSA) is 74.6 Å². The quantitative estimate of drug-likeness (QED) is 0.117. The molecule has 208 valence electrons. The minimum absolute atomic E-state index is 0.272. The summed E-state index contributed by atoms with van der Waals surface area (Å²) in [4.78, 5) is 23.3. The average molecular weight is 497 g/mol. The summed E-state index contributed by atoms with van der Waals surface area (Å²) in [6, 6.07) is 0. The SMILES string of the molecule is CCCCCCC(CCCCCC)(C(=O)O)C(CCCCCCCCCCCCC(=O)O)C(C)C. The van der Waals surface area contributed by atoms with Crippen molar-refractivity contribution >= 4 is 11.9 Å². The number of hydrogen-bond acceptors (Lipinski definition) is 2. The van der Waals surface area contributed by atoms with Gasteiger partial charge in [0, 0.05) is 6.42 Å². The van der Waals surface area contributed by atoms with Gasteiger partial charge in [-0.15, -0.1) is 0 Å². The van der Waals surface area contributed by atoms with E-state index in [1.54, 1.807) is 0 Å². The minimum atomic E-state index is -0.682. The van der Waals surface area contributed by atoms with Crippen LogP contribution in [0.15, 0.2) is 0 Å². The summed E-state index contributed by atoms with van der Waals surface area (Å²) in [5.41, 5.74) is -0.545. The molecule has 0 aromatic carbocycles. The van der Waals surface area contributed by atoms with Crippen LogP contribution in [0.4, 0.5) is 0 Å². The van der Waals surface area contributed by atoms with Crippen molar-refractivity contribution in [1.29, 1.82) is 0 Å². The Morgan fingerprint density at radius 1 is 0.600 bits per heavy atom. The maximum atomic E-state index is 12.8. The molecule has 0 bridgehead atoms. The molecule has 0 aliphatic heterocycles. The van der Waals surface area contributed by atoms with Crippen LogP contribution in [0.25, 0.3) is 0 Å². The number of rotatable bonds is 26. The van der Waals surface area contributed by atoms with Gasteiger partial charge in [0.2, 0.25) is 0 Å². The third-order valence-corrected chi connectivity index (χ3v) is 8.05. The number of carboxylic acid groups (broad SMARTS) is 2. The van der Waals surface area contributed by atoms with Crippen LogP contribution in [0.1, 0.15) is 169 Å². The predicted octanol–water partition coefficient (Wildman–Crippen LogP) is 10.0. The number of carbonyl (C=O) groups is 2. The number of aliphatic carboxylic acids is 2. The summed E-state index contributed by atoms with van der Waals surface area (Å²) in [7, 11) is 0. The van der Waals surface area contributed by atoms with Gasteiger partial charge in [-0.2, -0.15) is 0 Å². The van der Waals surface area contributed by atoms with Crippen LogP contribution in [-0.4, -0.2) is 22.2 Å². The van der Waals surface area contributed by atoms with Crippen molar-refractivity contribution in [1.82, 2.24) is 0 Å². The van der Waals surface area contributed by atoms with E-state index in [0.717, 1.165) is 70.6 Å². The molecule has 35 heavy (non-hydrogen) atoms. The van der Waals surface area contributed by atoms with Crippen LogP contribution in [0, 0.1) is 17.3 Å². The lowest BCUT2D eigenvalue weighted by atomic mass is 9.63. The van der Waals surface area contributed by atoms with Crippen molar-refractivity contribution in [3.05, 3.63) is 0 Å². The predicted molar refractivity (Wildman–Crippen MR) is 149 cm³/mol. The highest BCUT2D eigenvalue weighted by Gasteiger charge is 2.45. The highest BCUT2D eigenvalue weighted by atomic mass is 16.4. The largest absolute Gasteiger partial charge is 0.481 e. The molecule has 2 N–H and O–H groups in total. The van der Waals surface area contributed by atoms with Crippen molar-refractivity contribution in [3.63, 3.8) is 0 Å². The Balaban J connectivity index is 4.59. The van der Waals surface area contributed by atoms with Gasteiger partial charge in [-0.25, -0.2) is 0 Å². The average Bonchev–Trinajstić information content (AvgIpc) is 2.81. The Morgan fingerprint density at radius 3 is 1.37 bits per heavy atom. The van der Waals surface area contributed by atoms with Crippen LogP contribution in [0.5, 0.6) is 0 Å². The Labute approximate surface area is 218 Å². The molecule has 0 aliphatic rings. The molecule has 0 heterocycles. The van der Waals surface area contributed by atoms with Gasteiger partial charge < -0.3 is 10.2 Å². The Bertz CT molecular complexity index is 502. The molecule has 1 unspecified atom stereocenters. The second-order valence-electron chi connectivity index (χ2n) is 11.4. The Morgan fingerprint density at radius 2 is 1.00 bits per heavy atom. The van der Waals surface area contributed by atoms with E-state index < -0.39 is 17.4 Å². The molecule has 0 saturated carbocycles. The highest BCUT2D eigenvalue weighted by molar-refractivity contribution is 5.75. The normalized spacial score (nSPS) is 12.8. The van der Waals surface area contributed by atoms with Crippen LogP contribution in [0.2, 0.25) is 0 Å². The third-order valence-electron chi connectivity index (χ3n) is 8.05. The first kappa shape index (κ1) is 33.9.